The van der Waals surface area contributed by atoms with Crippen molar-refractivity contribution >= 4 is 24.3 Å². The molecule has 192 valence electrons. The van der Waals surface area contributed by atoms with Crippen LogP contribution in [0.1, 0.15) is 23.3 Å². The van der Waals surface area contributed by atoms with Crippen LogP contribution in [0.2, 0.25) is 0 Å². The van der Waals surface area contributed by atoms with Crippen LogP contribution in [0.15, 0.2) is 30.5 Å². The lowest BCUT2D eigenvalue weighted by Gasteiger charge is -2.43. The second-order valence-corrected chi connectivity index (χ2v) is 10.2. The molecule has 5 rings (SSSR count). The summed E-state index contributed by atoms with van der Waals surface area (Å²) in [7, 11) is 0. The standard InChI is InChI=1S/C23H31N3O2S.2CH2O2/c1-16-4-2-3-5-20(16)23-24-12-19(29-23)15-25-13-17-10-21(22(27)11-18(17)14-25)26-6-8-28-9-7-26;2*2-1-3/h2-5,12,17-18,21-22,27H,6-11,13-15H2,1H3;2*1H,(H,2,3)/t17-,18+,21-,22-;;/m1../s1. The van der Waals surface area contributed by atoms with E-state index in [0.29, 0.717) is 17.9 Å². The van der Waals surface area contributed by atoms with Gasteiger partial charge in [0, 0.05) is 55.4 Å². The molecule has 0 unspecified atom stereocenters. The number of hydrogen-bond acceptors (Lipinski definition) is 8. The Balaban J connectivity index is 0.000000520. The van der Waals surface area contributed by atoms with Crippen LogP contribution < -0.4 is 0 Å². The number of carbonyl (C=O) groups is 2. The molecule has 10 heteroatoms. The maximum Gasteiger partial charge on any atom is 0.290 e. The van der Waals surface area contributed by atoms with E-state index in [1.807, 2.05) is 11.3 Å². The largest absolute Gasteiger partial charge is 0.483 e. The van der Waals surface area contributed by atoms with Gasteiger partial charge < -0.3 is 20.1 Å². The lowest BCUT2D eigenvalue weighted by atomic mass is 9.77. The highest BCUT2D eigenvalue weighted by molar-refractivity contribution is 7.15. The Labute approximate surface area is 210 Å². The fourth-order valence-corrected chi connectivity index (χ4v) is 6.52. The zero-order valence-corrected chi connectivity index (χ0v) is 20.8. The van der Waals surface area contributed by atoms with Crippen molar-refractivity contribution in [2.75, 3.05) is 39.4 Å². The van der Waals surface area contributed by atoms with Gasteiger partial charge in [0.05, 0.1) is 19.3 Å². The molecule has 3 N–H and O–H groups in total. The number of rotatable bonds is 4. The second-order valence-electron chi connectivity index (χ2n) is 9.13. The summed E-state index contributed by atoms with van der Waals surface area (Å²) >= 11 is 1.82. The number of likely N-dealkylation sites (tertiary alicyclic amines) is 1. The van der Waals surface area contributed by atoms with Crippen LogP contribution in [0, 0.1) is 18.8 Å². The molecule has 2 aromatic rings. The molecule has 3 heterocycles. The molecular formula is C25H35N3O6S. The van der Waals surface area contributed by atoms with Crippen molar-refractivity contribution in [2.24, 2.45) is 11.8 Å². The number of hydrogen-bond donors (Lipinski definition) is 3. The molecule has 3 fully saturated rings. The molecule has 35 heavy (non-hydrogen) atoms. The number of carboxylic acid groups (broad SMARTS) is 2. The molecule has 2 saturated heterocycles. The van der Waals surface area contributed by atoms with Crippen molar-refractivity contribution in [3.63, 3.8) is 0 Å². The molecule has 1 saturated carbocycles. The molecule has 2 aliphatic heterocycles. The predicted molar refractivity (Wildman–Crippen MR) is 133 cm³/mol. The minimum absolute atomic E-state index is 0.189. The van der Waals surface area contributed by atoms with E-state index in [0.717, 1.165) is 63.8 Å². The van der Waals surface area contributed by atoms with Crippen molar-refractivity contribution in [3.8, 4) is 10.6 Å². The smallest absolute Gasteiger partial charge is 0.290 e. The summed E-state index contributed by atoms with van der Waals surface area (Å²) in [6, 6.07) is 8.80. The highest BCUT2D eigenvalue weighted by Crippen LogP contribution is 2.39. The maximum atomic E-state index is 10.8. The van der Waals surface area contributed by atoms with E-state index in [9.17, 15) is 5.11 Å². The number of fused-ring (bicyclic) bond motifs is 1. The number of aliphatic hydroxyl groups is 1. The van der Waals surface area contributed by atoms with Crippen LogP contribution in [0.25, 0.3) is 10.6 Å². The molecule has 0 amide bonds. The summed E-state index contributed by atoms with van der Waals surface area (Å²) in [6.07, 6.45) is 3.94. The molecule has 0 bridgehead atoms. The summed E-state index contributed by atoms with van der Waals surface area (Å²) in [6.45, 7) is 8.42. The molecule has 1 aromatic carbocycles. The molecular weight excluding hydrogens is 470 g/mol. The molecule has 4 atom stereocenters. The lowest BCUT2D eigenvalue weighted by molar-refractivity contribution is -0.123. The number of morpholine rings is 1. The fourth-order valence-electron chi connectivity index (χ4n) is 5.47. The zero-order valence-electron chi connectivity index (χ0n) is 20.0. The molecule has 3 aliphatic rings. The van der Waals surface area contributed by atoms with Crippen LogP contribution >= 0.6 is 11.3 Å². The Kier molecular flexibility index (Phi) is 10.6. The van der Waals surface area contributed by atoms with Crippen molar-refractivity contribution < 1.29 is 29.6 Å². The van der Waals surface area contributed by atoms with E-state index in [-0.39, 0.29) is 19.0 Å². The van der Waals surface area contributed by atoms with E-state index in [2.05, 4.69) is 47.2 Å². The van der Waals surface area contributed by atoms with Gasteiger partial charge in [0.25, 0.3) is 12.9 Å². The van der Waals surface area contributed by atoms with E-state index in [1.54, 1.807) is 0 Å². The van der Waals surface area contributed by atoms with Gasteiger partial charge in [-0.05, 0) is 37.2 Å². The molecule has 9 nitrogen and oxygen atoms in total. The summed E-state index contributed by atoms with van der Waals surface area (Å²) in [5, 5.41) is 25.7. The SMILES string of the molecule is Cc1ccccc1-c1ncc(CN2C[C@H]3C[C@@H](N4CCOCC4)[C@H](O)C[C@H]3C2)s1.O=CO.O=CO. The van der Waals surface area contributed by atoms with Gasteiger partial charge in [0.1, 0.15) is 5.01 Å². The van der Waals surface area contributed by atoms with Crippen molar-refractivity contribution in [1.29, 1.82) is 0 Å². The van der Waals surface area contributed by atoms with E-state index in [1.165, 1.54) is 16.0 Å². The average molecular weight is 506 g/mol. The van der Waals surface area contributed by atoms with Gasteiger partial charge in [0.2, 0.25) is 0 Å². The van der Waals surface area contributed by atoms with Gasteiger partial charge >= 0.3 is 0 Å². The van der Waals surface area contributed by atoms with Gasteiger partial charge in [-0.2, -0.15) is 0 Å². The average Bonchev–Trinajstić information content (AvgIpc) is 3.47. The van der Waals surface area contributed by atoms with Gasteiger partial charge in [-0.1, -0.05) is 24.3 Å². The third-order valence-corrected chi connectivity index (χ3v) is 8.02. The lowest BCUT2D eigenvalue weighted by Crippen LogP contribution is -2.53. The number of benzene rings is 1. The number of aliphatic hydroxyl groups excluding tert-OH is 1. The van der Waals surface area contributed by atoms with Crippen LogP contribution in [0.5, 0.6) is 0 Å². The first-order chi connectivity index (χ1) is 17.0. The van der Waals surface area contributed by atoms with Gasteiger partial charge in [-0.15, -0.1) is 11.3 Å². The normalized spacial score (nSPS) is 26.5. The summed E-state index contributed by atoms with van der Waals surface area (Å²) in [5.41, 5.74) is 2.53. The Morgan fingerprint density at radius 1 is 1.09 bits per heavy atom. The van der Waals surface area contributed by atoms with Crippen LogP contribution in [0.3, 0.4) is 0 Å². The van der Waals surface area contributed by atoms with E-state index in [4.69, 9.17) is 29.5 Å². The van der Waals surface area contributed by atoms with Gasteiger partial charge in [-0.25, -0.2) is 4.98 Å². The quantitative estimate of drug-likeness (QED) is 0.538. The summed E-state index contributed by atoms with van der Waals surface area (Å²) in [5.74, 6) is 1.33. The highest BCUT2D eigenvalue weighted by atomic mass is 32.1. The highest BCUT2D eigenvalue weighted by Gasteiger charge is 2.43. The minimum atomic E-state index is -0.250. The first kappa shape index (κ1) is 27.2. The van der Waals surface area contributed by atoms with E-state index >= 15 is 0 Å². The van der Waals surface area contributed by atoms with Crippen LogP contribution in [-0.4, -0.2) is 94.6 Å². The molecule has 0 radical (unpaired) electrons. The minimum Gasteiger partial charge on any atom is -0.483 e. The Hall–Kier alpha value is -2.37. The Morgan fingerprint density at radius 2 is 1.71 bits per heavy atom. The second kappa shape index (κ2) is 13.6. The van der Waals surface area contributed by atoms with Gasteiger partial charge in [-0.3, -0.25) is 19.4 Å². The van der Waals surface area contributed by atoms with Crippen molar-refractivity contribution in [3.05, 3.63) is 40.9 Å². The fraction of sp³-hybridized carbons (Fsp3) is 0.560. The van der Waals surface area contributed by atoms with Crippen molar-refractivity contribution in [1.82, 2.24) is 14.8 Å². The number of thiazole rings is 1. The van der Waals surface area contributed by atoms with Crippen molar-refractivity contribution in [2.45, 2.75) is 38.5 Å². The molecule has 0 spiro atoms. The maximum absolute atomic E-state index is 10.8. The van der Waals surface area contributed by atoms with E-state index < -0.39 is 0 Å². The third-order valence-electron chi connectivity index (χ3n) is 7.01. The topological polar surface area (TPSA) is 123 Å². The Bertz CT molecular complexity index is 929. The summed E-state index contributed by atoms with van der Waals surface area (Å²) < 4.78 is 5.50. The summed E-state index contributed by atoms with van der Waals surface area (Å²) in [4.78, 5) is 27.8. The first-order valence-corrected chi connectivity index (χ1v) is 12.7. The number of aromatic nitrogens is 1. The third kappa shape index (κ3) is 7.31. The molecule has 1 aliphatic carbocycles. The van der Waals surface area contributed by atoms with Gasteiger partial charge in [0.15, 0.2) is 0 Å². The Morgan fingerprint density at radius 3 is 2.37 bits per heavy atom. The number of aryl methyl sites for hydroxylation is 1. The van der Waals surface area contributed by atoms with Crippen LogP contribution in [0.4, 0.5) is 0 Å². The number of nitrogens with zero attached hydrogens (tertiary/aromatic N) is 3. The number of ether oxygens (including phenoxy) is 1. The molecule has 1 aromatic heterocycles. The van der Waals surface area contributed by atoms with Crippen LogP contribution in [-0.2, 0) is 20.9 Å². The predicted octanol–water partition coefficient (Wildman–Crippen LogP) is 2.42. The zero-order chi connectivity index (χ0) is 25.2. The first-order valence-electron chi connectivity index (χ1n) is 11.9. The monoisotopic (exact) mass is 505 g/mol.